The Hall–Kier alpha value is -1.38. The quantitative estimate of drug-likeness (QED) is 0.725. The van der Waals surface area contributed by atoms with Crippen LogP contribution in [0.25, 0.3) is 0 Å². The van der Waals surface area contributed by atoms with E-state index in [0.29, 0.717) is 29.0 Å². The molecule has 0 aliphatic carbocycles. The van der Waals surface area contributed by atoms with E-state index in [9.17, 15) is 0 Å². The van der Waals surface area contributed by atoms with E-state index in [1.54, 1.807) is 19.2 Å². The first-order valence-corrected chi connectivity index (χ1v) is 7.16. The van der Waals surface area contributed by atoms with Crippen LogP contribution in [-0.4, -0.2) is 7.11 Å². The molecule has 0 atom stereocenters. The highest BCUT2D eigenvalue weighted by Crippen LogP contribution is 2.36. The summed E-state index contributed by atoms with van der Waals surface area (Å²) >= 11 is 12.0. The second kappa shape index (κ2) is 6.87. The van der Waals surface area contributed by atoms with E-state index in [2.05, 4.69) is 19.1 Å². The van der Waals surface area contributed by atoms with Crippen molar-refractivity contribution in [3.8, 4) is 11.5 Å². The minimum atomic E-state index is 0.320. The van der Waals surface area contributed by atoms with E-state index in [4.69, 9.17) is 32.7 Å². The van der Waals surface area contributed by atoms with Crippen molar-refractivity contribution in [2.75, 3.05) is 7.11 Å². The lowest BCUT2D eigenvalue weighted by Gasteiger charge is -2.15. The molecule has 2 aromatic rings. The predicted molar refractivity (Wildman–Crippen MR) is 83.1 cm³/mol. The summed E-state index contributed by atoms with van der Waals surface area (Å²) < 4.78 is 11.2. The minimum absolute atomic E-state index is 0.320. The second-order valence-electron chi connectivity index (χ2n) is 4.51. The first kappa shape index (κ1) is 15.0. The maximum Gasteiger partial charge on any atom is 0.166 e. The molecule has 0 bridgehead atoms. The first-order chi connectivity index (χ1) is 9.63. The fourth-order valence-corrected chi connectivity index (χ4v) is 2.42. The van der Waals surface area contributed by atoms with E-state index in [0.717, 1.165) is 11.1 Å². The summed E-state index contributed by atoms with van der Waals surface area (Å²) in [5.41, 5.74) is 3.12. The number of methoxy groups -OCH3 is 1. The molecule has 0 amide bonds. The van der Waals surface area contributed by atoms with Gasteiger partial charge in [0.1, 0.15) is 6.61 Å². The molecule has 0 saturated carbocycles. The van der Waals surface area contributed by atoms with E-state index in [1.807, 2.05) is 12.1 Å². The Morgan fingerprint density at radius 3 is 2.60 bits per heavy atom. The molecule has 0 aliphatic heterocycles. The summed E-state index contributed by atoms with van der Waals surface area (Å²) in [6.45, 7) is 2.51. The summed E-state index contributed by atoms with van der Waals surface area (Å²) in [5.74, 6) is 1.56. The zero-order valence-corrected chi connectivity index (χ0v) is 13.0. The van der Waals surface area contributed by atoms with E-state index in [1.165, 1.54) is 5.56 Å². The molecule has 0 N–H and O–H groups in total. The van der Waals surface area contributed by atoms with Crippen LogP contribution in [0.2, 0.25) is 5.02 Å². The number of rotatable bonds is 5. The average molecular weight is 311 g/mol. The third-order valence-corrected chi connectivity index (χ3v) is 3.43. The largest absolute Gasteiger partial charge is 0.493 e. The topological polar surface area (TPSA) is 18.5 Å². The van der Waals surface area contributed by atoms with Crippen LogP contribution in [0.5, 0.6) is 11.5 Å². The highest BCUT2D eigenvalue weighted by Gasteiger charge is 2.12. The molecule has 106 valence electrons. The Morgan fingerprint density at radius 1 is 1.15 bits per heavy atom. The molecular formula is C16H16Cl2O2. The van der Waals surface area contributed by atoms with Crippen LogP contribution >= 0.6 is 23.2 Å². The van der Waals surface area contributed by atoms with Crippen LogP contribution in [0.3, 0.4) is 0 Å². The third kappa shape index (κ3) is 3.59. The Bertz CT molecular complexity index is 572. The van der Waals surface area contributed by atoms with Gasteiger partial charge in [0.2, 0.25) is 0 Å². The van der Waals surface area contributed by atoms with Gasteiger partial charge in [0.15, 0.2) is 11.5 Å². The summed E-state index contributed by atoms with van der Waals surface area (Å²) in [7, 11) is 1.59. The normalized spacial score (nSPS) is 10.4. The summed E-state index contributed by atoms with van der Waals surface area (Å²) in [5, 5.41) is 0.584. The SMILES string of the molecule is COc1cc(Cl)cc(CCl)c1OCc1cccc(C)c1. The zero-order chi connectivity index (χ0) is 14.5. The molecule has 0 saturated heterocycles. The zero-order valence-electron chi connectivity index (χ0n) is 11.5. The van der Waals surface area contributed by atoms with Crippen LogP contribution in [0, 0.1) is 6.92 Å². The van der Waals surface area contributed by atoms with Crippen LogP contribution < -0.4 is 9.47 Å². The van der Waals surface area contributed by atoms with Gasteiger partial charge in [-0.25, -0.2) is 0 Å². The summed E-state index contributed by atoms with van der Waals surface area (Å²) in [6, 6.07) is 11.7. The van der Waals surface area contributed by atoms with Gasteiger partial charge in [-0.15, -0.1) is 11.6 Å². The minimum Gasteiger partial charge on any atom is -0.493 e. The fraction of sp³-hybridized carbons (Fsp3) is 0.250. The molecule has 2 rings (SSSR count). The highest BCUT2D eigenvalue weighted by atomic mass is 35.5. The Kier molecular flexibility index (Phi) is 5.16. The van der Waals surface area contributed by atoms with Gasteiger partial charge in [-0.1, -0.05) is 41.4 Å². The van der Waals surface area contributed by atoms with Gasteiger partial charge in [-0.3, -0.25) is 0 Å². The van der Waals surface area contributed by atoms with Gasteiger partial charge in [0.05, 0.1) is 13.0 Å². The monoisotopic (exact) mass is 310 g/mol. The molecule has 0 aliphatic rings. The third-order valence-electron chi connectivity index (χ3n) is 2.93. The van der Waals surface area contributed by atoms with Crippen LogP contribution in [-0.2, 0) is 12.5 Å². The highest BCUT2D eigenvalue weighted by molar-refractivity contribution is 6.31. The average Bonchev–Trinajstić information content (AvgIpc) is 2.45. The molecular weight excluding hydrogens is 295 g/mol. The Balaban J connectivity index is 2.24. The van der Waals surface area contributed by atoms with E-state index in [-0.39, 0.29) is 0 Å². The van der Waals surface area contributed by atoms with Crippen LogP contribution in [0.1, 0.15) is 16.7 Å². The van der Waals surface area contributed by atoms with Gasteiger partial charge in [0, 0.05) is 16.7 Å². The molecule has 0 fully saturated rings. The van der Waals surface area contributed by atoms with E-state index >= 15 is 0 Å². The molecule has 20 heavy (non-hydrogen) atoms. The van der Waals surface area contributed by atoms with Crippen molar-refractivity contribution in [2.24, 2.45) is 0 Å². The summed E-state index contributed by atoms with van der Waals surface area (Å²) in [6.07, 6.45) is 0. The molecule has 0 radical (unpaired) electrons. The van der Waals surface area contributed by atoms with Gasteiger partial charge in [-0.05, 0) is 18.6 Å². The molecule has 0 spiro atoms. The standard InChI is InChI=1S/C16H16Cl2O2/c1-11-4-3-5-12(6-11)10-20-16-13(9-17)7-14(18)8-15(16)19-2/h3-8H,9-10H2,1-2H3. The molecule has 0 heterocycles. The van der Waals surface area contributed by atoms with Crippen molar-refractivity contribution in [3.05, 3.63) is 58.1 Å². The Labute approximate surface area is 129 Å². The van der Waals surface area contributed by atoms with E-state index < -0.39 is 0 Å². The lowest BCUT2D eigenvalue weighted by atomic mass is 10.1. The number of halogens is 2. The van der Waals surface area contributed by atoms with Crippen molar-refractivity contribution in [2.45, 2.75) is 19.4 Å². The molecule has 4 heteroatoms. The number of hydrogen-bond donors (Lipinski definition) is 0. The van der Waals surface area contributed by atoms with Gasteiger partial charge in [0.25, 0.3) is 0 Å². The van der Waals surface area contributed by atoms with Crippen molar-refractivity contribution < 1.29 is 9.47 Å². The number of hydrogen-bond acceptors (Lipinski definition) is 2. The van der Waals surface area contributed by atoms with Gasteiger partial charge >= 0.3 is 0 Å². The molecule has 0 aromatic heterocycles. The fourth-order valence-electron chi connectivity index (χ4n) is 1.99. The van der Waals surface area contributed by atoms with Crippen LogP contribution in [0.15, 0.2) is 36.4 Å². The van der Waals surface area contributed by atoms with Crippen molar-refractivity contribution in [3.63, 3.8) is 0 Å². The van der Waals surface area contributed by atoms with Crippen LogP contribution in [0.4, 0.5) is 0 Å². The maximum atomic E-state index is 6.02. The lowest BCUT2D eigenvalue weighted by Crippen LogP contribution is -2.01. The maximum absolute atomic E-state index is 6.02. The predicted octanol–water partition coefficient (Wildman–Crippen LogP) is 4.97. The van der Waals surface area contributed by atoms with Crippen molar-refractivity contribution in [1.82, 2.24) is 0 Å². The second-order valence-corrected chi connectivity index (χ2v) is 5.21. The van der Waals surface area contributed by atoms with Crippen molar-refractivity contribution in [1.29, 1.82) is 0 Å². The number of aryl methyl sites for hydroxylation is 1. The van der Waals surface area contributed by atoms with Gasteiger partial charge in [-0.2, -0.15) is 0 Å². The van der Waals surface area contributed by atoms with Crippen molar-refractivity contribution >= 4 is 23.2 Å². The lowest BCUT2D eigenvalue weighted by molar-refractivity contribution is 0.282. The summed E-state index contributed by atoms with van der Waals surface area (Å²) in [4.78, 5) is 0. The van der Waals surface area contributed by atoms with Gasteiger partial charge < -0.3 is 9.47 Å². The Morgan fingerprint density at radius 2 is 1.95 bits per heavy atom. The first-order valence-electron chi connectivity index (χ1n) is 6.24. The molecule has 2 aromatic carbocycles. The number of alkyl halides is 1. The smallest absolute Gasteiger partial charge is 0.166 e. The number of benzene rings is 2. The molecule has 2 nitrogen and oxygen atoms in total. The molecule has 0 unspecified atom stereocenters. The number of ether oxygens (including phenoxy) is 2.